The molecule has 0 bridgehead atoms. The van der Waals surface area contributed by atoms with Gasteiger partial charge in [-0.2, -0.15) is 0 Å². The molecule has 0 unspecified atom stereocenters. The number of halogens is 1. The van der Waals surface area contributed by atoms with Crippen molar-refractivity contribution in [1.82, 2.24) is 4.57 Å². The van der Waals surface area contributed by atoms with Gasteiger partial charge in [0.25, 0.3) is 5.56 Å². The average molecular weight is 336 g/mol. The van der Waals surface area contributed by atoms with Gasteiger partial charge in [0, 0.05) is 16.2 Å². The van der Waals surface area contributed by atoms with E-state index in [-0.39, 0.29) is 23.6 Å². The monoisotopic (exact) mass is 335 g/mol. The first-order valence-corrected chi connectivity index (χ1v) is 7.02. The van der Waals surface area contributed by atoms with E-state index in [2.05, 4.69) is 15.9 Å². The van der Waals surface area contributed by atoms with E-state index < -0.39 is 0 Å². The van der Waals surface area contributed by atoms with Crippen molar-refractivity contribution in [2.24, 2.45) is 0 Å². The van der Waals surface area contributed by atoms with Crippen molar-refractivity contribution in [3.63, 3.8) is 0 Å². The second-order valence-electron chi connectivity index (χ2n) is 4.17. The molecular weight excluding hydrogens is 322 g/mol. The summed E-state index contributed by atoms with van der Waals surface area (Å²) in [4.78, 5) is 24.2. The number of carbonyl (C=O) groups is 1. The smallest absolute Gasteiger partial charge is 0.293 e. The Morgan fingerprint density at radius 3 is 2.60 bits per heavy atom. The van der Waals surface area contributed by atoms with Crippen LogP contribution in [0.15, 0.2) is 51.9 Å². The first-order chi connectivity index (χ1) is 9.61. The summed E-state index contributed by atoms with van der Waals surface area (Å²) in [5.41, 5.74) is 0.279. The summed E-state index contributed by atoms with van der Waals surface area (Å²) >= 11 is 3.32. The molecule has 0 atom stereocenters. The highest BCUT2D eigenvalue weighted by Crippen LogP contribution is 2.11. The Morgan fingerprint density at radius 2 is 1.95 bits per heavy atom. The Kier molecular flexibility index (Phi) is 4.74. The van der Waals surface area contributed by atoms with E-state index in [1.807, 2.05) is 6.92 Å². The van der Waals surface area contributed by atoms with Crippen LogP contribution < -0.4 is 10.3 Å². The number of benzene rings is 1. The third kappa shape index (κ3) is 3.36. The number of nitrogens with zero attached hydrogens (tertiary/aromatic N) is 1. The lowest BCUT2D eigenvalue weighted by atomic mass is 10.1. The van der Waals surface area contributed by atoms with Gasteiger partial charge < -0.3 is 9.30 Å². The van der Waals surface area contributed by atoms with Gasteiger partial charge >= 0.3 is 0 Å². The fraction of sp³-hybridized carbons (Fsp3) is 0.200. The number of hydrogen-bond acceptors (Lipinski definition) is 3. The summed E-state index contributed by atoms with van der Waals surface area (Å²) < 4.78 is 7.49. The number of ether oxygens (including phenoxy) is 1. The van der Waals surface area contributed by atoms with Gasteiger partial charge in [0.15, 0.2) is 11.5 Å². The maximum Gasteiger partial charge on any atom is 0.293 e. The molecule has 104 valence electrons. The third-order valence-corrected chi connectivity index (χ3v) is 3.29. The van der Waals surface area contributed by atoms with Crippen molar-refractivity contribution in [2.75, 3.05) is 6.61 Å². The van der Waals surface area contributed by atoms with Gasteiger partial charge in [-0.1, -0.05) is 28.1 Å². The van der Waals surface area contributed by atoms with Crippen molar-refractivity contribution in [3.05, 3.63) is 63.0 Å². The molecule has 1 aromatic heterocycles. The number of hydrogen-bond donors (Lipinski definition) is 0. The molecule has 0 amide bonds. The van der Waals surface area contributed by atoms with Crippen molar-refractivity contribution in [3.8, 4) is 5.75 Å². The van der Waals surface area contributed by atoms with Crippen LogP contribution in [0.25, 0.3) is 0 Å². The zero-order valence-electron chi connectivity index (χ0n) is 11.0. The van der Waals surface area contributed by atoms with Crippen LogP contribution in [0.2, 0.25) is 0 Å². The van der Waals surface area contributed by atoms with Crippen LogP contribution in [0.3, 0.4) is 0 Å². The Hall–Kier alpha value is -1.88. The van der Waals surface area contributed by atoms with E-state index in [0.717, 1.165) is 4.47 Å². The first kappa shape index (κ1) is 14.5. The molecule has 0 spiro atoms. The van der Waals surface area contributed by atoms with E-state index in [1.165, 1.54) is 4.57 Å². The average Bonchev–Trinajstić information content (AvgIpc) is 2.44. The Morgan fingerprint density at radius 1 is 1.25 bits per heavy atom. The highest BCUT2D eigenvalue weighted by atomic mass is 79.9. The fourth-order valence-corrected chi connectivity index (χ4v) is 2.05. The van der Waals surface area contributed by atoms with Crippen molar-refractivity contribution in [1.29, 1.82) is 0 Å². The Bertz CT molecular complexity index is 662. The lowest BCUT2D eigenvalue weighted by molar-refractivity contribution is 0.0970. The SMILES string of the molecule is CCOc1cccn(CC(=O)c2ccc(Br)cc2)c1=O. The molecule has 0 saturated heterocycles. The second-order valence-corrected chi connectivity index (χ2v) is 5.08. The van der Waals surface area contributed by atoms with Crippen LogP contribution in [-0.2, 0) is 6.54 Å². The second kappa shape index (κ2) is 6.52. The van der Waals surface area contributed by atoms with Gasteiger partial charge in [-0.15, -0.1) is 0 Å². The fourth-order valence-electron chi connectivity index (χ4n) is 1.79. The molecule has 4 nitrogen and oxygen atoms in total. The summed E-state index contributed by atoms with van der Waals surface area (Å²) in [6, 6.07) is 10.3. The predicted molar refractivity (Wildman–Crippen MR) is 80.3 cm³/mol. The van der Waals surface area contributed by atoms with Gasteiger partial charge in [0.1, 0.15) is 0 Å². The highest BCUT2D eigenvalue weighted by molar-refractivity contribution is 9.10. The minimum atomic E-state index is -0.292. The molecule has 0 fully saturated rings. The van der Waals surface area contributed by atoms with Gasteiger partial charge in [0.2, 0.25) is 0 Å². The molecule has 20 heavy (non-hydrogen) atoms. The molecule has 2 aromatic rings. The highest BCUT2D eigenvalue weighted by Gasteiger charge is 2.10. The molecule has 1 aromatic carbocycles. The molecule has 5 heteroatoms. The minimum Gasteiger partial charge on any atom is -0.488 e. The number of aromatic nitrogens is 1. The van der Waals surface area contributed by atoms with Crippen LogP contribution in [0, 0.1) is 0 Å². The Balaban J connectivity index is 2.22. The topological polar surface area (TPSA) is 48.3 Å². The molecule has 0 saturated carbocycles. The minimum absolute atomic E-state index is 0.00137. The van der Waals surface area contributed by atoms with Gasteiger partial charge in [-0.05, 0) is 31.2 Å². The zero-order chi connectivity index (χ0) is 14.5. The summed E-state index contributed by atoms with van der Waals surface area (Å²) in [7, 11) is 0. The van der Waals surface area contributed by atoms with E-state index in [9.17, 15) is 9.59 Å². The van der Waals surface area contributed by atoms with Crippen molar-refractivity contribution < 1.29 is 9.53 Å². The van der Waals surface area contributed by atoms with Crippen LogP contribution in [0.1, 0.15) is 17.3 Å². The summed E-state index contributed by atoms with van der Waals surface area (Å²) in [5.74, 6) is 0.145. The molecule has 1 heterocycles. The lowest BCUT2D eigenvalue weighted by Crippen LogP contribution is -2.24. The van der Waals surface area contributed by atoms with Gasteiger partial charge in [0.05, 0.1) is 13.2 Å². The number of pyridine rings is 1. The van der Waals surface area contributed by atoms with Crippen molar-refractivity contribution >= 4 is 21.7 Å². The molecule has 0 aliphatic heterocycles. The molecule has 0 aliphatic carbocycles. The van der Waals surface area contributed by atoms with E-state index in [1.54, 1.807) is 42.6 Å². The zero-order valence-corrected chi connectivity index (χ0v) is 12.6. The molecular formula is C15H14BrNO3. The predicted octanol–water partition coefficient (Wildman–Crippen LogP) is 2.89. The summed E-state index contributed by atoms with van der Waals surface area (Å²) in [6.45, 7) is 2.23. The van der Waals surface area contributed by atoms with Crippen LogP contribution in [-0.4, -0.2) is 17.0 Å². The standard InChI is InChI=1S/C15H14BrNO3/c1-2-20-14-4-3-9-17(15(14)19)10-13(18)11-5-7-12(16)8-6-11/h3-9H,2,10H2,1H3. The van der Waals surface area contributed by atoms with E-state index in [4.69, 9.17) is 4.74 Å². The maximum atomic E-state index is 12.1. The summed E-state index contributed by atoms with van der Waals surface area (Å²) in [6.07, 6.45) is 1.58. The number of carbonyl (C=O) groups excluding carboxylic acids is 1. The maximum absolute atomic E-state index is 12.1. The largest absolute Gasteiger partial charge is 0.488 e. The van der Waals surface area contributed by atoms with Crippen LogP contribution >= 0.6 is 15.9 Å². The molecule has 0 aliphatic rings. The Labute approximate surface area is 125 Å². The van der Waals surface area contributed by atoms with Gasteiger partial charge in [-0.3, -0.25) is 9.59 Å². The van der Waals surface area contributed by atoms with E-state index in [0.29, 0.717) is 12.2 Å². The lowest BCUT2D eigenvalue weighted by Gasteiger charge is -2.08. The molecule has 2 rings (SSSR count). The molecule has 0 N–H and O–H groups in total. The number of ketones is 1. The number of Topliss-reactive ketones (excluding diaryl/α,β-unsaturated/α-hetero) is 1. The molecule has 0 radical (unpaired) electrons. The first-order valence-electron chi connectivity index (χ1n) is 6.23. The van der Waals surface area contributed by atoms with Gasteiger partial charge in [-0.25, -0.2) is 0 Å². The quantitative estimate of drug-likeness (QED) is 0.789. The van der Waals surface area contributed by atoms with Crippen molar-refractivity contribution in [2.45, 2.75) is 13.5 Å². The van der Waals surface area contributed by atoms with Crippen LogP contribution in [0.4, 0.5) is 0 Å². The van der Waals surface area contributed by atoms with E-state index >= 15 is 0 Å². The van der Waals surface area contributed by atoms with Crippen LogP contribution in [0.5, 0.6) is 5.75 Å². The third-order valence-electron chi connectivity index (χ3n) is 2.77. The number of rotatable bonds is 5. The summed E-state index contributed by atoms with van der Waals surface area (Å²) in [5, 5.41) is 0. The normalized spacial score (nSPS) is 10.3.